The van der Waals surface area contributed by atoms with Gasteiger partial charge in [-0.1, -0.05) is 43.2 Å². The minimum atomic E-state index is -0.231. The molecule has 0 radical (unpaired) electrons. The van der Waals surface area contributed by atoms with E-state index < -0.39 is 0 Å². The maximum atomic E-state index is 6.36. The Morgan fingerprint density at radius 2 is 1.40 bits per heavy atom. The van der Waals surface area contributed by atoms with Crippen LogP contribution in [0.1, 0.15) is 62.8 Å². The van der Waals surface area contributed by atoms with E-state index >= 15 is 0 Å². The van der Waals surface area contributed by atoms with Gasteiger partial charge in [-0.3, -0.25) is 0 Å². The van der Waals surface area contributed by atoms with E-state index in [1.165, 1.54) is 44.1 Å². The second-order valence-electron chi connectivity index (χ2n) is 6.69. The van der Waals surface area contributed by atoms with Gasteiger partial charge in [0.25, 0.3) is 0 Å². The molecule has 2 heteroatoms. The van der Waals surface area contributed by atoms with E-state index in [0.29, 0.717) is 18.1 Å². The SMILES string of the molecule is c1ccc(C2CCC3(CC2)O[C@@H]2CCCC[C@H]2O3)cc1. The molecule has 0 unspecified atom stereocenters. The molecule has 1 aromatic rings. The third-order valence-electron chi connectivity index (χ3n) is 5.39. The van der Waals surface area contributed by atoms with Crippen LogP contribution in [0.2, 0.25) is 0 Å². The molecular formula is C18H24O2. The van der Waals surface area contributed by atoms with Crippen molar-refractivity contribution in [1.82, 2.24) is 0 Å². The first-order valence-electron chi connectivity index (χ1n) is 8.25. The van der Waals surface area contributed by atoms with E-state index in [2.05, 4.69) is 30.3 Å². The predicted molar refractivity (Wildman–Crippen MR) is 78.6 cm³/mol. The van der Waals surface area contributed by atoms with Crippen LogP contribution in [0, 0.1) is 0 Å². The molecule has 0 aromatic heterocycles. The molecule has 2 aliphatic carbocycles. The first kappa shape index (κ1) is 12.8. The quantitative estimate of drug-likeness (QED) is 0.754. The molecular weight excluding hydrogens is 248 g/mol. The molecule has 2 nitrogen and oxygen atoms in total. The van der Waals surface area contributed by atoms with Crippen molar-refractivity contribution in [3.05, 3.63) is 35.9 Å². The standard InChI is InChI=1S/C18H24O2/c1-2-6-14(7-3-1)15-10-12-18(13-11-15)19-16-8-4-5-9-17(16)20-18/h1-3,6-7,15-17H,4-5,8-13H2/t16-,17-/m1/s1. The first-order valence-corrected chi connectivity index (χ1v) is 8.25. The third kappa shape index (κ3) is 2.29. The van der Waals surface area contributed by atoms with E-state index in [1.54, 1.807) is 0 Å². The average Bonchev–Trinajstić information content (AvgIpc) is 2.86. The maximum absolute atomic E-state index is 6.36. The van der Waals surface area contributed by atoms with Crippen molar-refractivity contribution in [1.29, 1.82) is 0 Å². The fourth-order valence-electron chi connectivity index (χ4n) is 4.26. The van der Waals surface area contributed by atoms with E-state index in [9.17, 15) is 0 Å². The number of ether oxygens (including phenoxy) is 2. The second-order valence-corrected chi connectivity index (χ2v) is 6.69. The number of benzene rings is 1. The van der Waals surface area contributed by atoms with Crippen LogP contribution in [0.3, 0.4) is 0 Å². The summed E-state index contributed by atoms with van der Waals surface area (Å²) in [5.41, 5.74) is 1.48. The van der Waals surface area contributed by atoms with Gasteiger partial charge >= 0.3 is 0 Å². The number of hydrogen-bond acceptors (Lipinski definition) is 2. The van der Waals surface area contributed by atoms with E-state index in [1.807, 2.05) is 0 Å². The van der Waals surface area contributed by atoms with Crippen molar-refractivity contribution in [3.63, 3.8) is 0 Å². The number of rotatable bonds is 1. The molecule has 1 aliphatic heterocycles. The van der Waals surface area contributed by atoms with Crippen molar-refractivity contribution >= 4 is 0 Å². The Kier molecular flexibility index (Phi) is 3.31. The van der Waals surface area contributed by atoms with Crippen molar-refractivity contribution < 1.29 is 9.47 Å². The molecule has 20 heavy (non-hydrogen) atoms. The predicted octanol–water partition coefficient (Wildman–Crippen LogP) is 4.40. The van der Waals surface area contributed by atoms with Crippen LogP contribution in [0.15, 0.2) is 30.3 Å². The van der Waals surface area contributed by atoms with E-state index in [4.69, 9.17) is 9.47 Å². The smallest absolute Gasteiger partial charge is 0.169 e. The number of hydrogen-bond donors (Lipinski definition) is 0. The Bertz CT molecular complexity index is 432. The lowest BCUT2D eigenvalue weighted by Gasteiger charge is -2.36. The van der Waals surface area contributed by atoms with Gasteiger partial charge in [-0.05, 0) is 37.2 Å². The van der Waals surface area contributed by atoms with Gasteiger partial charge in [0.05, 0.1) is 12.2 Å². The molecule has 0 amide bonds. The zero-order chi connectivity index (χ0) is 13.4. The van der Waals surface area contributed by atoms with Crippen LogP contribution >= 0.6 is 0 Å². The van der Waals surface area contributed by atoms with Crippen LogP contribution < -0.4 is 0 Å². The highest BCUT2D eigenvalue weighted by atomic mass is 16.8. The minimum Gasteiger partial charge on any atom is -0.344 e. The number of fused-ring (bicyclic) bond motifs is 1. The average molecular weight is 272 g/mol. The second kappa shape index (κ2) is 5.16. The van der Waals surface area contributed by atoms with E-state index in [-0.39, 0.29) is 5.79 Å². The highest BCUT2D eigenvalue weighted by Crippen LogP contribution is 2.47. The third-order valence-corrected chi connectivity index (χ3v) is 5.39. The fraction of sp³-hybridized carbons (Fsp3) is 0.667. The summed E-state index contributed by atoms with van der Waals surface area (Å²) < 4.78 is 12.7. The van der Waals surface area contributed by atoms with Crippen LogP contribution in [0.5, 0.6) is 0 Å². The molecule has 0 bridgehead atoms. The van der Waals surface area contributed by atoms with Gasteiger partial charge in [-0.15, -0.1) is 0 Å². The monoisotopic (exact) mass is 272 g/mol. The van der Waals surface area contributed by atoms with Crippen molar-refractivity contribution in [2.24, 2.45) is 0 Å². The lowest BCUT2D eigenvalue weighted by atomic mass is 9.81. The largest absolute Gasteiger partial charge is 0.344 e. The Morgan fingerprint density at radius 3 is 2.00 bits per heavy atom. The Morgan fingerprint density at radius 1 is 0.800 bits per heavy atom. The summed E-state index contributed by atoms with van der Waals surface area (Å²) in [5, 5.41) is 0. The van der Waals surface area contributed by atoms with Crippen LogP contribution in [0.25, 0.3) is 0 Å². The summed E-state index contributed by atoms with van der Waals surface area (Å²) in [5.74, 6) is 0.460. The van der Waals surface area contributed by atoms with Gasteiger partial charge in [0.1, 0.15) is 0 Å². The van der Waals surface area contributed by atoms with Crippen molar-refractivity contribution in [2.75, 3.05) is 0 Å². The summed E-state index contributed by atoms with van der Waals surface area (Å²) >= 11 is 0. The molecule has 2 saturated carbocycles. The molecule has 1 saturated heterocycles. The Labute approximate surface area is 121 Å². The lowest BCUT2D eigenvalue weighted by Crippen LogP contribution is -2.35. The van der Waals surface area contributed by atoms with Gasteiger partial charge in [0.2, 0.25) is 0 Å². The lowest BCUT2D eigenvalue weighted by molar-refractivity contribution is -0.195. The summed E-state index contributed by atoms with van der Waals surface area (Å²) in [6.45, 7) is 0. The maximum Gasteiger partial charge on any atom is 0.169 e. The van der Waals surface area contributed by atoms with Crippen molar-refractivity contribution in [2.45, 2.75) is 75.3 Å². The van der Waals surface area contributed by atoms with Gasteiger partial charge in [-0.2, -0.15) is 0 Å². The topological polar surface area (TPSA) is 18.5 Å². The zero-order valence-electron chi connectivity index (χ0n) is 12.1. The van der Waals surface area contributed by atoms with Crippen LogP contribution in [-0.4, -0.2) is 18.0 Å². The molecule has 1 spiro atoms. The van der Waals surface area contributed by atoms with Crippen LogP contribution in [0.4, 0.5) is 0 Å². The van der Waals surface area contributed by atoms with Crippen LogP contribution in [-0.2, 0) is 9.47 Å². The highest BCUT2D eigenvalue weighted by molar-refractivity contribution is 5.20. The summed E-state index contributed by atoms with van der Waals surface area (Å²) in [6.07, 6.45) is 10.3. The molecule has 0 N–H and O–H groups in total. The molecule has 2 atom stereocenters. The molecule has 1 aromatic carbocycles. The Hall–Kier alpha value is -0.860. The summed E-state index contributed by atoms with van der Waals surface area (Å²) in [6, 6.07) is 10.9. The van der Waals surface area contributed by atoms with Gasteiger partial charge in [0.15, 0.2) is 5.79 Å². The van der Waals surface area contributed by atoms with Gasteiger partial charge in [-0.25, -0.2) is 0 Å². The molecule has 4 rings (SSSR count). The molecule has 3 aliphatic rings. The summed E-state index contributed by atoms with van der Waals surface area (Å²) in [7, 11) is 0. The normalized spacial score (nSPS) is 40.7. The first-order chi connectivity index (χ1) is 9.85. The Balaban J connectivity index is 1.42. The minimum absolute atomic E-state index is 0.231. The zero-order valence-corrected chi connectivity index (χ0v) is 12.1. The van der Waals surface area contributed by atoms with E-state index in [0.717, 1.165) is 12.8 Å². The summed E-state index contributed by atoms with van der Waals surface area (Å²) in [4.78, 5) is 0. The molecule has 3 fully saturated rings. The highest BCUT2D eigenvalue weighted by Gasteiger charge is 2.49. The van der Waals surface area contributed by atoms with Gasteiger partial charge < -0.3 is 9.47 Å². The fourth-order valence-corrected chi connectivity index (χ4v) is 4.26. The van der Waals surface area contributed by atoms with Crippen molar-refractivity contribution in [3.8, 4) is 0 Å². The van der Waals surface area contributed by atoms with Gasteiger partial charge in [0, 0.05) is 12.8 Å². The molecule has 108 valence electrons. The molecule has 1 heterocycles.